The molecular formula is C20H18N2O2S. The maximum atomic E-state index is 11.8. The van der Waals surface area contributed by atoms with Gasteiger partial charge in [0.25, 0.3) is 11.1 Å². The number of carbonyl (C=O) groups is 2. The number of rotatable bonds is 4. The summed E-state index contributed by atoms with van der Waals surface area (Å²) in [6.07, 6.45) is 2.92. The zero-order valence-electron chi connectivity index (χ0n) is 13.6. The Labute approximate surface area is 150 Å². The van der Waals surface area contributed by atoms with Gasteiger partial charge in [-0.1, -0.05) is 54.6 Å². The van der Waals surface area contributed by atoms with Crippen molar-refractivity contribution in [2.45, 2.75) is 12.3 Å². The van der Waals surface area contributed by atoms with Gasteiger partial charge in [-0.15, -0.1) is 0 Å². The second-order valence-electron chi connectivity index (χ2n) is 6.22. The summed E-state index contributed by atoms with van der Waals surface area (Å²) in [5.74, 6) is -0.152. The number of nitrogens with zero attached hydrogens (tertiary/aromatic N) is 1. The standard InChI is InChI=1S/C20H18N2O2S/c23-19-18(25-20(24)21-19)12-15-13-22(17-9-5-4-8-16(15)17)11-10-14-6-2-1-3-7-14/h1-9,12,15H,10-11,13H2,(H,21,23,24)/b18-12-. The van der Waals surface area contributed by atoms with Crippen LogP contribution in [0.15, 0.2) is 65.6 Å². The molecule has 2 aliphatic rings. The monoisotopic (exact) mass is 350 g/mol. The minimum atomic E-state index is -0.288. The van der Waals surface area contributed by atoms with E-state index < -0.39 is 0 Å². The summed E-state index contributed by atoms with van der Waals surface area (Å²) in [6, 6.07) is 18.8. The molecule has 2 aromatic carbocycles. The molecule has 2 heterocycles. The van der Waals surface area contributed by atoms with Gasteiger partial charge in [0, 0.05) is 24.7 Å². The highest BCUT2D eigenvalue weighted by atomic mass is 32.2. The zero-order valence-corrected chi connectivity index (χ0v) is 14.5. The maximum Gasteiger partial charge on any atom is 0.290 e. The molecule has 2 amide bonds. The van der Waals surface area contributed by atoms with Crippen LogP contribution in [-0.2, 0) is 11.2 Å². The second kappa shape index (κ2) is 6.76. The van der Waals surface area contributed by atoms with Gasteiger partial charge in [-0.2, -0.15) is 0 Å². The van der Waals surface area contributed by atoms with Crippen molar-refractivity contribution in [3.63, 3.8) is 0 Å². The number of amides is 2. The van der Waals surface area contributed by atoms with Crippen LogP contribution in [0, 0.1) is 0 Å². The van der Waals surface area contributed by atoms with Gasteiger partial charge in [0.15, 0.2) is 0 Å². The number of hydrogen-bond acceptors (Lipinski definition) is 4. The van der Waals surface area contributed by atoms with Crippen LogP contribution in [0.2, 0.25) is 0 Å². The van der Waals surface area contributed by atoms with Crippen molar-refractivity contribution >= 4 is 28.6 Å². The van der Waals surface area contributed by atoms with Crippen molar-refractivity contribution in [3.05, 3.63) is 76.7 Å². The van der Waals surface area contributed by atoms with E-state index in [1.54, 1.807) is 0 Å². The van der Waals surface area contributed by atoms with Crippen LogP contribution >= 0.6 is 11.8 Å². The Morgan fingerprint density at radius 3 is 2.60 bits per heavy atom. The van der Waals surface area contributed by atoms with Gasteiger partial charge in [-0.3, -0.25) is 14.9 Å². The third-order valence-corrected chi connectivity index (χ3v) is 5.43. The lowest BCUT2D eigenvalue weighted by molar-refractivity contribution is -0.115. The first kappa shape index (κ1) is 16.0. The third-order valence-electron chi connectivity index (χ3n) is 4.60. The van der Waals surface area contributed by atoms with E-state index in [0.29, 0.717) is 4.91 Å². The van der Waals surface area contributed by atoms with Crippen molar-refractivity contribution in [2.24, 2.45) is 0 Å². The predicted octanol–water partition coefficient (Wildman–Crippen LogP) is 3.70. The Bertz CT molecular complexity index is 848. The minimum absolute atomic E-state index is 0.131. The first-order valence-corrected chi connectivity index (χ1v) is 9.15. The number of anilines is 1. The number of carbonyl (C=O) groups excluding carboxylic acids is 2. The SMILES string of the molecule is O=C1NC(=O)/C(=C/C2CN(CCc3ccccc3)c3ccccc32)S1. The average Bonchev–Trinajstić information content (AvgIpc) is 3.14. The van der Waals surface area contributed by atoms with Crippen LogP contribution in [0.1, 0.15) is 17.0 Å². The first-order valence-electron chi connectivity index (χ1n) is 8.33. The molecule has 1 saturated heterocycles. The van der Waals surface area contributed by atoms with Crippen molar-refractivity contribution in [2.75, 3.05) is 18.0 Å². The first-order chi connectivity index (χ1) is 12.2. The summed E-state index contributed by atoms with van der Waals surface area (Å²) in [5.41, 5.74) is 3.75. The van der Waals surface area contributed by atoms with E-state index in [-0.39, 0.29) is 17.1 Å². The molecule has 0 saturated carbocycles. The van der Waals surface area contributed by atoms with Crippen LogP contribution < -0.4 is 10.2 Å². The van der Waals surface area contributed by atoms with Gasteiger partial charge in [0.1, 0.15) is 0 Å². The van der Waals surface area contributed by atoms with Crippen LogP contribution in [0.4, 0.5) is 10.5 Å². The zero-order chi connectivity index (χ0) is 17.2. The van der Waals surface area contributed by atoms with Gasteiger partial charge in [-0.05, 0) is 35.4 Å². The van der Waals surface area contributed by atoms with Gasteiger partial charge >= 0.3 is 0 Å². The Morgan fingerprint density at radius 2 is 1.84 bits per heavy atom. The fraction of sp³-hybridized carbons (Fsp3) is 0.200. The highest BCUT2D eigenvalue weighted by Crippen LogP contribution is 2.39. The molecule has 0 aliphatic carbocycles. The van der Waals surface area contributed by atoms with E-state index >= 15 is 0 Å². The van der Waals surface area contributed by atoms with Crippen LogP contribution in [0.3, 0.4) is 0 Å². The second-order valence-corrected chi connectivity index (χ2v) is 7.24. The lowest BCUT2D eigenvalue weighted by atomic mass is 10.0. The molecule has 1 fully saturated rings. The normalized spacial score (nSPS) is 20.9. The number of benzene rings is 2. The van der Waals surface area contributed by atoms with Crippen molar-refractivity contribution in [1.82, 2.24) is 5.32 Å². The highest BCUT2D eigenvalue weighted by molar-refractivity contribution is 8.18. The van der Waals surface area contributed by atoms with Crippen molar-refractivity contribution in [3.8, 4) is 0 Å². The molecule has 5 heteroatoms. The van der Waals surface area contributed by atoms with Gasteiger partial charge in [-0.25, -0.2) is 0 Å². The largest absolute Gasteiger partial charge is 0.370 e. The maximum absolute atomic E-state index is 11.8. The number of imide groups is 1. The summed E-state index contributed by atoms with van der Waals surface area (Å²) >= 11 is 0.990. The predicted molar refractivity (Wildman–Crippen MR) is 101 cm³/mol. The van der Waals surface area contributed by atoms with Crippen molar-refractivity contribution in [1.29, 1.82) is 0 Å². The molecule has 4 rings (SSSR count). The number of fused-ring (bicyclic) bond motifs is 1. The summed E-state index contributed by atoms with van der Waals surface area (Å²) in [5, 5.41) is 2.04. The molecule has 2 aromatic rings. The summed E-state index contributed by atoms with van der Waals surface area (Å²) in [7, 11) is 0. The highest BCUT2D eigenvalue weighted by Gasteiger charge is 2.31. The lowest BCUT2D eigenvalue weighted by Gasteiger charge is -2.19. The minimum Gasteiger partial charge on any atom is -0.370 e. The number of nitrogens with one attached hydrogen (secondary N) is 1. The summed E-state index contributed by atoms with van der Waals surface area (Å²) < 4.78 is 0. The van der Waals surface area contributed by atoms with Gasteiger partial charge in [0.2, 0.25) is 0 Å². The molecule has 126 valence electrons. The third kappa shape index (κ3) is 3.33. The lowest BCUT2D eigenvalue weighted by Crippen LogP contribution is -2.24. The van der Waals surface area contributed by atoms with Crippen LogP contribution in [-0.4, -0.2) is 24.2 Å². The molecule has 0 bridgehead atoms. The van der Waals surface area contributed by atoms with Crippen molar-refractivity contribution < 1.29 is 9.59 Å². The van der Waals surface area contributed by atoms with E-state index in [2.05, 4.69) is 46.6 Å². The fourth-order valence-electron chi connectivity index (χ4n) is 3.40. The summed E-state index contributed by atoms with van der Waals surface area (Å²) in [6.45, 7) is 1.76. The molecule has 0 aromatic heterocycles. The Balaban J connectivity index is 1.54. The molecular weight excluding hydrogens is 332 g/mol. The molecule has 0 spiro atoms. The average molecular weight is 350 g/mol. The quantitative estimate of drug-likeness (QED) is 0.854. The topological polar surface area (TPSA) is 49.4 Å². The van der Waals surface area contributed by atoms with E-state index in [4.69, 9.17) is 0 Å². The van der Waals surface area contributed by atoms with Crippen LogP contribution in [0.25, 0.3) is 0 Å². The van der Waals surface area contributed by atoms with E-state index in [1.165, 1.54) is 16.8 Å². The van der Waals surface area contributed by atoms with E-state index in [9.17, 15) is 9.59 Å². The number of hydrogen-bond donors (Lipinski definition) is 1. The van der Waals surface area contributed by atoms with Crippen LogP contribution in [0.5, 0.6) is 0 Å². The van der Waals surface area contributed by atoms with E-state index in [0.717, 1.165) is 31.3 Å². The molecule has 4 nitrogen and oxygen atoms in total. The molecule has 0 radical (unpaired) electrons. The molecule has 1 N–H and O–H groups in total. The molecule has 2 aliphatic heterocycles. The smallest absolute Gasteiger partial charge is 0.290 e. The van der Waals surface area contributed by atoms with Gasteiger partial charge < -0.3 is 4.90 Å². The Hall–Kier alpha value is -2.53. The van der Waals surface area contributed by atoms with E-state index in [1.807, 2.05) is 24.3 Å². The summed E-state index contributed by atoms with van der Waals surface area (Å²) in [4.78, 5) is 26.1. The fourth-order valence-corrected chi connectivity index (χ4v) is 4.12. The van der Waals surface area contributed by atoms with Gasteiger partial charge in [0.05, 0.1) is 4.91 Å². The molecule has 1 unspecified atom stereocenters. The molecule has 1 atom stereocenters. The Kier molecular flexibility index (Phi) is 4.32. The number of para-hydroxylation sites is 1. The number of thioether (sulfide) groups is 1. The molecule has 25 heavy (non-hydrogen) atoms. The Morgan fingerprint density at radius 1 is 1.08 bits per heavy atom.